The number of rotatable bonds is 3. The van der Waals surface area contributed by atoms with Gasteiger partial charge in [-0.25, -0.2) is 0 Å². The van der Waals surface area contributed by atoms with Crippen LogP contribution in [0, 0.1) is 11.3 Å². The third-order valence-electron chi connectivity index (χ3n) is 3.85. The molecule has 0 aliphatic heterocycles. The second-order valence-electron chi connectivity index (χ2n) is 5.16. The standard InChI is InChI=1S/C18H17NO/c19-12-15-10-11-18(17-9-5-4-8-16(15)17)20-13-14-6-2-1-3-7-14/h1-3,6-7,10-11H,4-5,8-9,13H2. The fourth-order valence-electron chi connectivity index (χ4n) is 2.81. The van der Waals surface area contributed by atoms with E-state index in [1.165, 1.54) is 29.5 Å². The lowest BCUT2D eigenvalue weighted by atomic mass is 9.88. The van der Waals surface area contributed by atoms with Crippen LogP contribution in [-0.2, 0) is 19.4 Å². The molecule has 2 nitrogen and oxygen atoms in total. The topological polar surface area (TPSA) is 33.0 Å². The maximum Gasteiger partial charge on any atom is 0.123 e. The van der Waals surface area contributed by atoms with Crippen molar-refractivity contribution in [1.29, 1.82) is 5.26 Å². The van der Waals surface area contributed by atoms with Gasteiger partial charge in [-0.15, -0.1) is 0 Å². The molecule has 0 amide bonds. The minimum atomic E-state index is 0.583. The lowest BCUT2D eigenvalue weighted by Gasteiger charge is -2.20. The Bertz CT molecular complexity index is 640. The van der Waals surface area contributed by atoms with Crippen LogP contribution in [0.2, 0.25) is 0 Å². The van der Waals surface area contributed by atoms with Gasteiger partial charge in [0.05, 0.1) is 11.6 Å². The molecule has 1 aliphatic rings. The van der Waals surface area contributed by atoms with E-state index in [2.05, 4.69) is 18.2 Å². The predicted molar refractivity (Wildman–Crippen MR) is 78.6 cm³/mol. The van der Waals surface area contributed by atoms with Crippen molar-refractivity contribution in [3.05, 3.63) is 64.7 Å². The third kappa shape index (κ3) is 2.53. The van der Waals surface area contributed by atoms with Crippen LogP contribution in [0.15, 0.2) is 42.5 Å². The van der Waals surface area contributed by atoms with Crippen LogP contribution in [0.4, 0.5) is 0 Å². The highest BCUT2D eigenvalue weighted by molar-refractivity contribution is 5.51. The summed E-state index contributed by atoms with van der Waals surface area (Å²) in [5.41, 5.74) is 4.42. The average molecular weight is 263 g/mol. The van der Waals surface area contributed by atoms with Crippen molar-refractivity contribution in [1.82, 2.24) is 0 Å². The van der Waals surface area contributed by atoms with Crippen molar-refractivity contribution < 1.29 is 4.74 Å². The summed E-state index contributed by atoms with van der Waals surface area (Å²) in [5, 5.41) is 9.20. The van der Waals surface area contributed by atoms with Gasteiger partial charge in [-0.05, 0) is 54.5 Å². The zero-order chi connectivity index (χ0) is 13.8. The summed E-state index contributed by atoms with van der Waals surface area (Å²) >= 11 is 0. The molecule has 0 fully saturated rings. The summed E-state index contributed by atoms with van der Waals surface area (Å²) < 4.78 is 5.98. The first-order valence-electron chi connectivity index (χ1n) is 7.10. The van der Waals surface area contributed by atoms with Crippen molar-refractivity contribution >= 4 is 0 Å². The fourth-order valence-corrected chi connectivity index (χ4v) is 2.81. The molecule has 0 bridgehead atoms. The van der Waals surface area contributed by atoms with Crippen LogP contribution in [0.3, 0.4) is 0 Å². The van der Waals surface area contributed by atoms with Crippen LogP contribution < -0.4 is 4.74 Å². The van der Waals surface area contributed by atoms with E-state index in [0.717, 1.165) is 24.2 Å². The molecular weight excluding hydrogens is 246 g/mol. The molecule has 20 heavy (non-hydrogen) atoms. The van der Waals surface area contributed by atoms with E-state index in [4.69, 9.17) is 4.74 Å². The van der Waals surface area contributed by atoms with Crippen LogP contribution in [0.1, 0.15) is 35.1 Å². The molecule has 0 unspecified atom stereocenters. The van der Waals surface area contributed by atoms with Gasteiger partial charge in [0.25, 0.3) is 0 Å². The van der Waals surface area contributed by atoms with Crippen LogP contribution in [0.25, 0.3) is 0 Å². The summed E-state index contributed by atoms with van der Waals surface area (Å²) in [6, 6.07) is 16.3. The molecule has 0 N–H and O–H groups in total. The maximum absolute atomic E-state index is 9.20. The van der Waals surface area contributed by atoms with E-state index in [1.54, 1.807) is 0 Å². The van der Waals surface area contributed by atoms with Gasteiger partial charge in [-0.1, -0.05) is 30.3 Å². The van der Waals surface area contributed by atoms with Crippen molar-refractivity contribution in [3.63, 3.8) is 0 Å². The van der Waals surface area contributed by atoms with Crippen molar-refractivity contribution in [2.45, 2.75) is 32.3 Å². The summed E-state index contributed by atoms with van der Waals surface area (Å²) in [5.74, 6) is 0.947. The summed E-state index contributed by atoms with van der Waals surface area (Å²) in [7, 11) is 0. The minimum absolute atomic E-state index is 0.583. The Morgan fingerprint density at radius 3 is 2.45 bits per heavy atom. The molecule has 1 aliphatic carbocycles. The molecule has 0 aromatic heterocycles. The molecule has 0 radical (unpaired) electrons. The highest BCUT2D eigenvalue weighted by Crippen LogP contribution is 2.32. The number of ether oxygens (including phenoxy) is 1. The van der Waals surface area contributed by atoms with Gasteiger partial charge in [-0.3, -0.25) is 0 Å². The summed E-state index contributed by atoms with van der Waals surface area (Å²) in [6.07, 6.45) is 4.38. The lowest BCUT2D eigenvalue weighted by molar-refractivity contribution is 0.301. The van der Waals surface area contributed by atoms with Gasteiger partial charge in [0.1, 0.15) is 12.4 Å². The monoisotopic (exact) mass is 263 g/mol. The number of nitriles is 1. The van der Waals surface area contributed by atoms with Gasteiger partial charge in [0, 0.05) is 0 Å². The lowest BCUT2D eigenvalue weighted by Crippen LogP contribution is -2.08. The SMILES string of the molecule is N#Cc1ccc(OCc2ccccc2)c2c1CCCC2. The first-order chi connectivity index (χ1) is 9.88. The quantitative estimate of drug-likeness (QED) is 0.838. The average Bonchev–Trinajstić information content (AvgIpc) is 2.53. The van der Waals surface area contributed by atoms with Crippen LogP contribution in [-0.4, -0.2) is 0 Å². The largest absolute Gasteiger partial charge is 0.489 e. The molecule has 0 spiro atoms. The minimum Gasteiger partial charge on any atom is -0.489 e. The molecule has 0 saturated heterocycles. The van der Waals surface area contributed by atoms with E-state index in [-0.39, 0.29) is 0 Å². The van der Waals surface area contributed by atoms with Crippen molar-refractivity contribution in [2.75, 3.05) is 0 Å². The second kappa shape index (κ2) is 5.79. The van der Waals surface area contributed by atoms with E-state index in [0.29, 0.717) is 6.61 Å². The Hall–Kier alpha value is -2.27. The van der Waals surface area contributed by atoms with Gasteiger partial charge >= 0.3 is 0 Å². The van der Waals surface area contributed by atoms with Gasteiger partial charge in [-0.2, -0.15) is 5.26 Å². The summed E-state index contributed by atoms with van der Waals surface area (Å²) in [6.45, 7) is 0.583. The molecule has 2 aromatic rings. The number of hydrogen-bond donors (Lipinski definition) is 0. The molecule has 0 atom stereocenters. The Morgan fingerprint density at radius 2 is 1.70 bits per heavy atom. The van der Waals surface area contributed by atoms with E-state index in [9.17, 15) is 5.26 Å². The molecule has 0 saturated carbocycles. The van der Waals surface area contributed by atoms with E-state index >= 15 is 0 Å². The molecule has 0 heterocycles. The zero-order valence-corrected chi connectivity index (χ0v) is 11.4. The number of nitrogens with zero attached hydrogens (tertiary/aromatic N) is 1. The Kier molecular flexibility index (Phi) is 3.69. The smallest absolute Gasteiger partial charge is 0.123 e. The maximum atomic E-state index is 9.20. The molecule has 2 aromatic carbocycles. The van der Waals surface area contributed by atoms with Gasteiger partial charge < -0.3 is 4.74 Å². The van der Waals surface area contributed by atoms with Crippen LogP contribution >= 0.6 is 0 Å². The molecule has 3 rings (SSSR count). The van der Waals surface area contributed by atoms with Crippen LogP contribution in [0.5, 0.6) is 5.75 Å². The Morgan fingerprint density at radius 1 is 0.950 bits per heavy atom. The number of fused-ring (bicyclic) bond motifs is 1. The molecule has 2 heteroatoms. The first-order valence-corrected chi connectivity index (χ1v) is 7.10. The molecule has 100 valence electrons. The Balaban J connectivity index is 1.85. The Labute approximate surface area is 119 Å². The van der Waals surface area contributed by atoms with Gasteiger partial charge in [0.15, 0.2) is 0 Å². The van der Waals surface area contributed by atoms with E-state index in [1.807, 2.05) is 30.3 Å². The first kappa shape index (κ1) is 12.7. The zero-order valence-electron chi connectivity index (χ0n) is 11.4. The fraction of sp³-hybridized carbons (Fsp3) is 0.278. The highest BCUT2D eigenvalue weighted by atomic mass is 16.5. The highest BCUT2D eigenvalue weighted by Gasteiger charge is 2.17. The third-order valence-corrected chi connectivity index (χ3v) is 3.85. The van der Waals surface area contributed by atoms with Gasteiger partial charge in [0.2, 0.25) is 0 Å². The predicted octanol–water partition coefficient (Wildman–Crippen LogP) is 4.02. The van der Waals surface area contributed by atoms with E-state index < -0.39 is 0 Å². The van der Waals surface area contributed by atoms with Crippen molar-refractivity contribution in [2.24, 2.45) is 0 Å². The molecular formula is C18H17NO. The number of hydrogen-bond acceptors (Lipinski definition) is 2. The summed E-state index contributed by atoms with van der Waals surface area (Å²) in [4.78, 5) is 0. The normalized spacial score (nSPS) is 13.3. The van der Waals surface area contributed by atoms with Crippen molar-refractivity contribution in [3.8, 4) is 11.8 Å². The second-order valence-corrected chi connectivity index (χ2v) is 5.16. The number of benzene rings is 2.